The molecule has 178 valence electrons. The maximum atomic E-state index is 6.27. The van der Waals surface area contributed by atoms with Gasteiger partial charge in [-0.2, -0.15) is 0 Å². The van der Waals surface area contributed by atoms with Crippen molar-refractivity contribution in [3.63, 3.8) is 0 Å². The SMILES string of the molecule is CC1=CC(c2ccccc2)=CC1[Si](C)(C)C1C(c2ccc(C)o2)=Cc2c(-c3ccccc3)cccc21. The summed E-state index contributed by atoms with van der Waals surface area (Å²) in [6, 6.07) is 32.7. The van der Waals surface area contributed by atoms with Gasteiger partial charge < -0.3 is 4.42 Å². The van der Waals surface area contributed by atoms with Gasteiger partial charge in [0, 0.05) is 11.1 Å². The van der Waals surface area contributed by atoms with Crippen LogP contribution in [0.4, 0.5) is 0 Å². The Morgan fingerprint density at radius 2 is 1.39 bits per heavy atom. The van der Waals surface area contributed by atoms with Gasteiger partial charge in [0.15, 0.2) is 0 Å². The molecule has 6 rings (SSSR count). The maximum absolute atomic E-state index is 6.27. The molecular formula is C34H32OSi. The third kappa shape index (κ3) is 3.77. The number of aryl methyl sites for hydroxylation is 1. The minimum atomic E-state index is -1.96. The lowest BCUT2D eigenvalue weighted by atomic mass is 9.97. The molecule has 0 spiro atoms. The Labute approximate surface area is 215 Å². The summed E-state index contributed by atoms with van der Waals surface area (Å²) in [7, 11) is -1.96. The van der Waals surface area contributed by atoms with E-state index in [0.717, 1.165) is 11.5 Å². The summed E-state index contributed by atoms with van der Waals surface area (Å²) in [6.07, 6.45) is 7.37. The van der Waals surface area contributed by atoms with Crippen molar-refractivity contribution in [3.05, 3.63) is 137 Å². The molecule has 0 saturated carbocycles. The molecule has 0 fully saturated rings. The molecular weight excluding hydrogens is 452 g/mol. The quantitative estimate of drug-likeness (QED) is 0.257. The highest BCUT2D eigenvalue weighted by Gasteiger charge is 2.47. The first-order valence-corrected chi connectivity index (χ1v) is 16.0. The van der Waals surface area contributed by atoms with Crippen molar-refractivity contribution in [2.45, 2.75) is 38.0 Å². The molecule has 2 heteroatoms. The maximum Gasteiger partial charge on any atom is 0.130 e. The molecule has 0 saturated heterocycles. The van der Waals surface area contributed by atoms with Crippen LogP contribution in [0.2, 0.25) is 18.6 Å². The zero-order valence-corrected chi connectivity index (χ0v) is 22.5. The molecule has 1 aromatic heterocycles. The molecule has 1 heterocycles. The van der Waals surface area contributed by atoms with Crippen LogP contribution >= 0.6 is 0 Å². The van der Waals surface area contributed by atoms with E-state index in [1.165, 1.54) is 44.5 Å². The van der Waals surface area contributed by atoms with Crippen LogP contribution in [-0.4, -0.2) is 8.07 Å². The number of fused-ring (bicyclic) bond motifs is 1. The Balaban J connectivity index is 1.50. The summed E-state index contributed by atoms with van der Waals surface area (Å²) >= 11 is 0. The second kappa shape index (κ2) is 8.79. The highest BCUT2D eigenvalue weighted by atomic mass is 28.3. The third-order valence-electron chi connectivity index (χ3n) is 8.04. The first-order valence-electron chi connectivity index (χ1n) is 12.9. The van der Waals surface area contributed by atoms with E-state index in [1.54, 1.807) is 0 Å². The van der Waals surface area contributed by atoms with E-state index in [1.807, 2.05) is 6.92 Å². The van der Waals surface area contributed by atoms with Crippen LogP contribution in [0.25, 0.3) is 28.3 Å². The molecule has 0 bridgehead atoms. The van der Waals surface area contributed by atoms with E-state index >= 15 is 0 Å². The van der Waals surface area contributed by atoms with Gasteiger partial charge in [-0.05, 0) is 71.0 Å². The van der Waals surface area contributed by atoms with Crippen molar-refractivity contribution in [1.29, 1.82) is 0 Å². The topological polar surface area (TPSA) is 13.1 Å². The molecule has 1 nitrogen and oxygen atoms in total. The number of hydrogen-bond donors (Lipinski definition) is 0. The fourth-order valence-corrected chi connectivity index (χ4v) is 10.7. The number of hydrogen-bond acceptors (Lipinski definition) is 1. The van der Waals surface area contributed by atoms with Crippen LogP contribution in [0, 0.1) is 6.92 Å². The Hall–Kier alpha value is -3.62. The van der Waals surface area contributed by atoms with E-state index in [2.05, 4.69) is 129 Å². The number of rotatable bonds is 5. The average molecular weight is 485 g/mol. The third-order valence-corrected chi connectivity index (χ3v) is 12.4. The van der Waals surface area contributed by atoms with Crippen LogP contribution in [-0.2, 0) is 0 Å². The second-order valence-corrected chi connectivity index (χ2v) is 15.6. The number of furan rings is 1. The van der Waals surface area contributed by atoms with E-state index < -0.39 is 8.07 Å². The molecule has 2 aliphatic rings. The van der Waals surface area contributed by atoms with Crippen molar-refractivity contribution >= 4 is 25.3 Å². The van der Waals surface area contributed by atoms with E-state index in [9.17, 15) is 0 Å². The predicted molar refractivity (Wildman–Crippen MR) is 155 cm³/mol. The fourth-order valence-electron chi connectivity index (χ4n) is 6.36. The molecule has 0 N–H and O–H groups in total. The minimum absolute atomic E-state index is 0.349. The molecule has 4 aromatic rings. The summed E-state index contributed by atoms with van der Waals surface area (Å²) < 4.78 is 6.27. The lowest BCUT2D eigenvalue weighted by molar-refractivity contribution is 0.520. The molecule has 36 heavy (non-hydrogen) atoms. The molecule has 0 amide bonds. The highest BCUT2D eigenvalue weighted by molar-refractivity contribution is 6.83. The van der Waals surface area contributed by atoms with Crippen LogP contribution in [0.5, 0.6) is 0 Å². The second-order valence-electron chi connectivity index (χ2n) is 10.8. The standard InChI is InChI=1S/C34H32OSi/c1-23-20-27(25-12-7-5-8-13-25)21-33(23)36(3,4)34-29-17-11-16-28(26-14-9-6-10-15-26)30(29)22-31(34)32-19-18-24(2)35-32/h5-22,33-34H,1-4H3. The smallest absolute Gasteiger partial charge is 0.130 e. The summed E-state index contributed by atoms with van der Waals surface area (Å²) in [4.78, 5) is 0. The Morgan fingerprint density at radius 3 is 2.06 bits per heavy atom. The Morgan fingerprint density at radius 1 is 0.694 bits per heavy atom. The van der Waals surface area contributed by atoms with Gasteiger partial charge in [-0.15, -0.1) is 0 Å². The largest absolute Gasteiger partial charge is 0.462 e. The minimum Gasteiger partial charge on any atom is -0.462 e. The van der Waals surface area contributed by atoms with E-state index in [4.69, 9.17) is 4.42 Å². The van der Waals surface area contributed by atoms with Crippen molar-refractivity contribution in [1.82, 2.24) is 0 Å². The summed E-state index contributed by atoms with van der Waals surface area (Å²) in [5.74, 6) is 1.98. The molecule has 0 aliphatic heterocycles. The predicted octanol–water partition coefficient (Wildman–Crippen LogP) is 9.55. The van der Waals surface area contributed by atoms with Gasteiger partial charge in [-0.1, -0.05) is 110 Å². The summed E-state index contributed by atoms with van der Waals surface area (Å²) in [5.41, 5.74) is 11.7. The van der Waals surface area contributed by atoms with Gasteiger partial charge in [-0.25, -0.2) is 0 Å². The van der Waals surface area contributed by atoms with Gasteiger partial charge in [0.25, 0.3) is 0 Å². The van der Waals surface area contributed by atoms with Crippen LogP contribution in [0.1, 0.15) is 40.7 Å². The molecule has 0 radical (unpaired) electrons. The normalized spacial score (nSPS) is 19.1. The lowest BCUT2D eigenvalue weighted by Gasteiger charge is -2.37. The van der Waals surface area contributed by atoms with Crippen LogP contribution in [0.3, 0.4) is 0 Å². The first kappa shape index (κ1) is 22.8. The zero-order valence-electron chi connectivity index (χ0n) is 21.5. The van der Waals surface area contributed by atoms with Gasteiger partial charge in [0.1, 0.15) is 11.5 Å². The van der Waals surface area contributed by atoms with Crippen molar-refractivity contribution in [3.8, 4) is 11.1 Å². The first-order chi connectivity index (χ1) is 17.4. The van der Waals surface area contributed by atoms with Crippen molar-refractivity contribution < 1.29 is 4.42 Å². The van der Waals surface area contributed by atoms with Gasteiger partial charge in [0.05, 0.1) is 8.07 Å². The average Bonchev–Trinajstić information content (AvgIpc) is 3.61. The summed E-state index contributed by atoms with van der Waals surface area (Å²) in [5, 5.41) is 0. The van der Waals surface area contributed by atoms with Crippen molar-refractivity contribution in [2.24, 2.45) is 0 Å². The fraction of sp³-hybridized carbons (Fsp3) is 0.176. The van der Waals surface area contributed by atoms with Gasteiger partial charge in [-0.3, -0.25) is 0 Å². The van der Waals surface area contributed by atoms with Gasteiger partial charge >= 0.3 is 0 Å². The zero-order chi connectivity index (χ0) is 24.9. The highest BCUT2D eigenvalue weighted by Crippen LogP contribution is 2.55. The van der Waals surface area contributed by atoms with Gasteiger partial charge in [0.2, 0.25) is 0 Å². The molecule has 3 aromatic carbocycles. The Bertz CT molecular complexity index is 1520. The molecule has 2 unspecified atom stereocenters. The van der Waals surface area contributed by atoms with Crippen LogP contribution in [0.15, 0.2) is 113 Å². The molecule has 2 atom stereocenters. The monoisotopic (exact) mass is 484 g/mol. The summed E-state index contributed by atoms with van der Waals surface area (Å²) in [6.45, 7) is 9.50. The number of benzene rings is 3. The van der Waals surface area contributed by atoms with Crippen molar-refractivity contribution in [2.75, 3.05) is 0 Å². The number of allylic oxidation sites excluding steroid dienone is 5. The molecule has 2 aliphatic carbocycles. The van der Waals surface area contributed by atoms with E-state index in [0.29, 0.717) is 11.1 Å². The Kier molecular flexibility index (Phi) is 5.57. The van der Waals surface area contributed by atoms with E-state index in [-0.39, 0.29) is 0 Å². The van der Waals surface area contributed by atoms with Crippen LogP contribution < -0.4 is 0 Å². The lowest BCUT2D eigenvalue weighted by Crippen LogP contribution is -2.39.